The van der Waals surface area contributed by atoms with Crippen LogP contribution >= 0.6 is 11.6 Å². The normalized spacial score (nSPS) is 15.7. The standard InChI is InChI=1S/C12H10ClNO/c13-9-5-1-3-7-8-4-2-6-10(15)12(8)14-11(7)9/h1,3,5,14H,2,4,6H2. The van der Waals surface area contributed by atoms with E-state index in [2.05, 4.69) is 4.98 Å². The van der Waals surface area contributed by atoms with Gasteiger partial charge >= 0.3 is 0 Å². The van der Waals surface area contributed by atoms with Crippen molar-refractivity contribution in [2.45, 2.75) is 19.3 Å². The van der Waals surface area contributed by atoms with E-state index in [0.717, 1.165) is 35.0 Å². The molecule has 0 bridgehead atoms. The molecule has 1 aliphatic rings. The smallest absolute Gasteiger partial charge is 0.179 e. The van der Waals surface area contributed by atoms with Gasteiger partial charge in [-0.2, -0.15) is 0 Å². The number of H-pyrrole nitrogens is 1. The average Bonchev–Trinajstić information content (AvgIpc) is 2.60. The lowest BCUT2D eigenvalue weighted by Crippen LogP contribution is -2.09. The van der Waals surface area contributed by atoms with Crippen LogP contribution in [0.5, 0.6) is 0 Å². The van der Waals surface area contributed by atoms with Crippen molar-refractivity contribution in [2.75, 3.05) is 0 Å². The van der Waals surface area contributed by atoms with E-state index >= 15 is 0 Å². The average molecular weight is 220 g/mol. The van der Waals surface area contributed by atoms with Crippen molar-refractivity contribution in [2.24, 2.45) is 0 Å². The first-order valence-corrected chi connectivity index (χ1v) is 5.47. The highest BCUT2D eigenvalue weighted by Gasteiger charge is 2.22. The monoisotopic (exact) mass is 219 g/mol. The fraction of sp³-hybridized carbons (Fsp3) is 0.250. The number of fused-ring (bicyclic) bond motifs is 3. The van der Waals surface area contributed by atoms with Crippen LogP contribution in [0.25, 0.3) is 10.9 Å². The Hall–Kier alpha value is -1.28. The lowest BCUT2D eigenvalue weighted by molar-refractivity contribution is 0.0968. The molecule has 0 saturated carbocycles. The summed E-state index contributed by atoms with van der Waals surface area (Å²) in [6, 6.07) is 5.79. The first-order chi connectivity index (χ1) is 7.27. The van der Waals surface area contributed by atoms with E-state index in [1.807, 2.05) is 18.2 Å². The van der Waals surface area contributed by atoms with E-state index in [-0.39, 0.29) is 5.78 Å². The molecule has 0 unspecified atom stereocenters. The maximum Gasteiger partial charge on any atom is 0.179 e. The van der Waals surface area contributed by atoms with E-state index < -0.39 is 0 Å². The SMILES string of the molecule is O=C1CCCc2c1[nH]c1c(Cl)cccc21. The quantitative estimate of drug-likeness (QED) is 0.724. The van der Waals surface area contributed by atoms with Crippen LogP contribution in [-0.4, -0.2) is 10.8 Å². The molecular weight excluding hydrogens is 210 g/mol. The summed E-state index contributed by atoms with van der Waals surface area (Å²) in [5.74, 6) is 0.212. The lowest BCUT2D eigenvalue weighted by Gasteiger charge is -2.09. The lowest BCUT2D eigenvalue weighted by atomic mass is 9.95. The molecule has 0 saturated heterocycles. The number of aromatic amines is 1. The summed E-state index contributed by atoms with van der Waals surface area (Å²) in [5, 5.41) is 1.79. The van der Waals surface area contributed by atoms with Gasteiger partial charge in [-0.25, -0.2) is 0 Å². The third-order valence-corrected chi connectivity index (χ3v) is 3.31. The Kier molecular flexibility index (Phi) is 1.86. The number of benzene rings is 1. The minimum atomic E-state index is 0.212. The molecule has 3 heteroatoms. The molecular formula is C12H10ClNO. The van der Waals surface area contributed by atoms with Crippen LogP contribution in [0.3, 0.4) is 0 Å². The van der Waals surface area contributed by atoms with Gasteiger partial charge in [0.1, 0.15) is 0 Å². The number of rotatable bonds is 0. The zero-order valence-corrected chi connectivity index (χ0v) is 8.90. The zero-order chi connectivity index (χ0) is 10.4. The predicted molar refractivity (Wildman–Crippen MR) is 60.6 cm³/mol. The topological polar surface area (TPSA) is 32.9 Å². The Morgan fingerprint density at radius 3 is 3.00 bits per heavy atom. The van der Waals surface area contributed by atoms with E-state index in [1.54, 1.807) is 0 Å². The molecule has 0 radical (unpaired) electrons. The van der Waals surface area contributed by atoms with Crippen molar-refractivity contribution >= 4 is 28.3 Å². The molecule has 0 amide bonds. The number of hydrogen-bond donors (Lipinski definition) is 1. The van der Waals surface area contributed by atoms with Gasteiger partial charge in [0.25, 0.3) is 0 Å². The number of halogens is 1. The molecule has 2 nitrogen and oxygen atoms in total. The second kappa shape index (κ2) is 3.11. The van der Waals surface area contributed by atoms with Gasteiger partial charge in [0.15, 0.2) is 5.78 Å². The number of para-hydroxylation sites is 1. The Morgan fingerprint density at radius 1 is 1.27 bits per heavy atom. The molecule has 2 aromatic rings. The molecule has 1 N–H and O–H groups in total. The summed E-state index contributed by atoms with van der Waals surface area (Å²) < 4.78 is 0. The number of nitrogens with one attached hydrogen (secondary N) is 1. The van der Waals surface area contributed by atoms with Gasteiger partial charge in [0.05, 0.1) is 16.2 Å². The van der Waals surface area contributed by atoms with Gasteiger partial charge in [0.2, 0.25) is 0 Å². The minimum absolute atomic E-state index is 0.212. The van der Waals surface area contributed by atoms with Gasteiger partial charge in [-0.05, 0) is 24.5 Å². The van der Waals surface area contributed by atoms with Crippen LogP contribution in [0, 0.1) is 0 Å². The Labute approximate surface area is 92.2 Å². The van der Waals surface area contributed by atoms with Crippen molar-refractivity contribution in [3.63, 3.8) is 0 Å². The first-order valence-electron chi connectivity index (χ1n) is 5.09. The van der Waals surface area contributed by atoms with E-state index in [0.29, 0.717) is 11.4 Å². The van der Waals surface area contributed by atoms with Gasteiger partial charge in [0, 0.05) is 11.8 Å². The third kappa shape index (κ3) is 1.21. The third-order valence-electron chi connectivity index (χ3n) is 3.00. The van der Waals surface area contributed by atoms with Crippen LogP contribution in [0.4, 0.5) is 0 Å². The van der Waals surface area contributed by atoms with Crippen molar-refractivity contribution in [3.05, 3.63) is 34.5 Å². The number of Topliss-reactive ketones (excluding diaryl/α,β-unsaturated/α-hetero) is 1. The summed E-state index contributed by atoms with van der Waals surface area (Å²) >= 11 is 6.08. The van der Waals surface area contributed by atoms with Crippen molar-refractivity contribution in [3.8, 4) is 0 Å². The second-order valence-corrected chi connectivity index (χ2v) is 4.32. The molecule has 0 aliphatic heterocycles. The van der Waals surface area contributed by atoms with Crippen LogP contribution in [-0.2, 0) is 6.42 Å². The summed E-state index contributed by atoms with van der Waals surface area (Å²) in [5.41, 5.74) is 2.81. The number of hydrogen-bond acceptors (Lipinski definition) is 1. The summed E-state index contributed by atoms with van der Waals surface area (Å²) in [6.45, 7) is 0. The molecule has 1 heterocycles. The predicted octanol–water partition coefficient (Wildman–Crippen LogP) is 3.34. The summed E-state index contributed by atoms with van der Waals surface area (Å²) in [4.78, 5) is 14.8. The van der Waals surface area contributed by atoms with Crippen LogP contribution in [0.2, 0.25) is 5.02 Å². The second-order valence-electron chi connectivity index (χ2n) is 3.92. The highest BCUT2D eigenvalue weighted by atomic mass is 35.5. The van der Waals surface area contributed by atoms with E-state index in [4.69, 9.17) is 11.6 Å². The van der Waals surface area contributed by atoms with Crippen molar-refractivity contribution in [1.82, 2.24) is 4.98 Å². The number of aromatic nitrogens is 1. The van der Waals surface area contributed by atoms with Crippen molar-refractivity contribution in [1.29, 1.82) is 0 Å². The zero-order valence-electron chi connectivity index (χ0n) is 8.14. The van der Waals surface area contributed by atoms with E-state index in [1.165, 1.54) is 0 Å². The van der Waals surface area contributed by atoms with Gasteiger partial charge < -0.3 is 4.98 Å². The van der Waals surface area contributed by atoms with Gasteiger partial charge in [-0.15, -0.1) is 0 Å². The van der Waals surface area contributed by atoms with Crippen LogP contribution < -0.4 is 0 Å². The molecule has 1 aliphatic carbocycles. The summed E-state index contributed by atoms with van der Waals surface area (Å²) in [7, 11) is 0. The maximum atomic E-state index is 11.7. The molecule has 0 atom stereocenters. The number of carbonyl (C=O) groups is 1. The number of aryl methyl sites for hydroxylation is 1. The van der Waals surface area contributed by atoms with Gasteiger partial charge in [-0.1, -0.05) is 23.7 Å². The van der Waals surface area contributed by atoms with Crippen LogP contribution in [0.1, 0.15) is 28.9 Å². The Bertz CT molecular complexity index is 556. The maximum absolute atomic E-state index is 11.7. The molecule has 3 rings (SSSR count). The highest BCUT2D eigenvalue weighted by Crippen LogP contribution is 2.32. The number of ketones is 1. The number of carbonyl (C=O) groups excluding carboxylic acids is 1. The fourth-order valence-corrected chi connectivity index (χ4v) is 2.51. The molecule has 1 aromatic heterocycles. The summed E-state index contributed by atoms with van der Waals surface area (Å²) in [6.07, 6.45) is 2.57. The van der Waals surface area contributed by atoms with Gasteiger partial charge in [-0.3, -0.25) is 4.79 Å². The Balaban J connectivity index is 2.40. The van der Waals surface area contributed by atoms with E-state index in [9.17, 15) is 4.79 Å². The highest BCUT2D eigenvalue weighted by molar-refractivity contribution is 6.35. The largest absolute Gasteiger partial charge is 0.351 e. The molecule has 76 valence electrons. The Morgan fingerprint density at radius 2 is 2.13 bits per heavy atom. The first kappa shape index (κ1) is 8.98. The van der Waals surface area contributed by atoms with Crippen molar-refractivity contribution < 1.29 is 4.79 Å². The fourth-order valence-electron chi connectivity index (χ4n) is 2.29. The molecule has 0 fully saturated rings. The van der Waals surface area contributed by atoms with Crippen LogP contribution in [0.15, 0.2) is 18.2 Å². The molecule has 15 heavy (non-hydrogen) atoms. The molecule has 0 spiro atoms. The molecule has 1 aromatic carbocycles. The minimum Gasteiger partial charge on any atom is -0.351 e.